The lowest BCUT2D eigenvalue weighted by atomic mass is 10.3. The summed E-state index contributed by atoms with van der Waals surface area (Å²) in [5.74, 6) is 0. The lowest BCUT2D eigenvalue weighted by Crippen LogP contribution is -2.24. The Morgan fingerprint density at radius 1 is 1.56 bits per heavy atom. The Kier molecular flexibility index (Phi) is 4.38. The average molecular weight is 284 g/mol. The van der Waals surface area contributed by atoms with Crippen LogP contribution in [0.2, 0.25) is 5.02 Å². The number of hydrogen-bond donors (Lipinski definition) is 1. The van der Waals surface area contributed by atoms with Gasteiger partial charge in [-0.15, -0.1) is 0 Å². The lowest BCUT2D eigenvalue weighted by molar-refractivity contribution is 0.568. The average Bonchev–Trinajstić information content (AvgIpc) is 2.87. The van der Waals surface area contributed by atoms with Gasteiger partial charge in [-0.3, -0.25) is 4.79 Å². The van der Waals surface area contributed by atoms with Crippen molar-refractivity contribution in [1.29, 1.82) is 0 Å². The molecule has 0 aliphatic carbocycles. The summed E-state index contributed by atoms with van der Waals surface area (Å²) < 4.78 is 1.39. The second kappa shape index (κ2) is 6.02. The molecule has 0 saturated carbocycles. The first-order valence-corrected chi connectivity index (χ1v) is 7.05. The van der Waals surface area contributed by atoms with E-state index in [1.54, 1.807) is 17.5 Å². The van der Waals surface area contributed by atoms with Crippen molar-refractivity contribution in [3.05, 3.63) is 44.0 Å². The smallest absolute Gasteiger partial charge is 0.287 e. The summed E-state index contributed by atoms with van der Waals surface area (Å²) in [6.07, 6.45) is 2.46. The van der Waals surface area contributed by atoms with Crippen LogP contribution >= 0.6 is 22.9 Å². The number of nitrogens with zero attached hydrogens (tertiary/aromatic N) is 2. The zero-order chi connectivity index (χ0) is 13.0. The summed E-state index contributed by atoms with van der Waals surface area (Å²) >= 11 is 7.68. The predicted octanol–water partition coefficient (Wildman–Crippen LogP) is 2.98. The van der Waals surface area contributed by atoms with E-state index in [9.17, 15) is 4.79 Å². The highest BCUT2D eigenvalue weighted by Crippen LogP contribution is 2.17. The van der Waals surface area contributed by atoms with Crippen LogP contribution in [0.25, 0.3) is 0 Å². The quantitative estimate of drug-likeness (QED) is 0.918. The standard InChI is InChI=1S/C12H14ClN3OS/c1-2-4-16-12(17)11(13)10(7-15-16)14-6-9-3-5-18-8-9/h3,5,7-8,14H,2,4,6H2,1H3. The first-order chi connectivity index (χ1) is 8.72. The zero-order valence-electron chi connectivity index (χ0n) is 10.0. The summed E-state index contributed by atoms with van der Waals surface area (Å²) in [5, 5.41) is 11.5. The molecule has 0 fully saturated rings. The van der Waals surface area contributed by atoms with Crippen molar-refractivity contribution in [3.8, 4) is 0 Å². The molecule has 18 heavy (non-hydrogen) atoms. The minimum absolute atomic E-state index is 0.202. The molecule has 0 aliphatic heterocycles. The van der Waals surface area contributed by atoms with Gasteiger partial charge in [0.05, 0.1) is 11.9 Å². The van der Waals surface area contributed by atoms with Gasteiger partial charge in [-0.1, -0.05) is 18.5 Å². The molecule has 0 atom stereocenters. The van der Waals surface area contributed by atoms with E-state index in [4.69, 9.17) is 11.6 Å². The third-order valence-corrected chi connectivity index (χ3v) is 3.58. The van der Waals surface area contributed by atoms with Gasteiger partial charge in [0.15, 0.2) is 0 Å². The predicted molar refractivity (Wildman–Crippen MR) is 75.4 cm³/mol. The minimum Gasteiger partial charge on any atom is -0.378 e. The summed E-state index contributed by atoms with van der Waals surface area (Å²) in [6.45, 7) is 3.22. The van der Waals surface area contributed by atoms with Gasteiger partial charge in [-0.25, -0.2) is 4.68 Å². The second-order valence-corrected chi connectivity index (χ2v) is 5.04. The first-order valence-electron chi connectivity index (χ1n) is 5.73. The van der Waals surface area contributed by atoms with E-state index in [0.717, 1.165) is 12.0 Å². The van der Waals surface area contributed by atoms with E-state index in [0.29, 0.717) is 18.8 Å². The van der Waals surface area contributed by atoms with Gasteiger partial charge >= 0.3 is 0 Å². The molecule has 6 heteroatoms. The molecule has 96 valence electrons. The topological polar surface area (TPSA) is 46.9 Å². The Labute approximate surface area is 114 Å². The second-order valence-electron chi connectivity index (χ2n) is 3.89. The molecule has 0 unspecified atom stereocenters. The Morgan fingerprint density at radius 2 is 2.39 bits per heavy atom. The van der Waals surface area contributed by atoms with Gasteiger partial charge in [-0.2, -0.15) is 16.4 Å². The van der Waals surface area contributed by atoms with Crippen molar-refractivity contribution in [2.75, 3.05) is 5.32 Å². The van der Waals surface area contributed by atoms with Gasteiger partial charge < -0.3 is 5.32 Å². The Morgan fingerprint density at radius 3 is 3.06 bits per heavy atom. The molecule has 2 heterocycles. The highest BCUT2D eigenvalue weighted by Gasteiger charge is 2.08. The van der Waals surface area contributed by atoms with Crippen molar-refractivity contribution in [2.24, 2.45) is 0 Å². The normalized spacial score (nSPS) is 10.6. The lowest BCUT2D eigenvalue weighted by Gasteiger charge is -2.09. The molecule has 2 aromatic rings. The highest BCUT2D eigenvalue weighted by atomic mass is 35.5. The van der Waals surface area contributed by atoms with E-state index in [2.05, 4.69) is 10.4 Å². The number of aromatic nitrogens is 2. The van der Waals surface area contributed by atoms with E-state index in [-0.39, 0.29) is 10.6 Å². The molecular weight excluding hydrogens is 270 g/mol. The molecule has 0 saturated heterocycles. The minimum atomic E-state index is -0.242. The van der Waals surface area contributed by atoms with Crippen LogP contribution in [0.1, 0.15) is 18.9 Å². The molecule has 0 radical (unpaired) electrons. The summed E-state index contributed by atoms with van der Waals surface area (Å²) in [7, 11) is 0. The van der Waals surface area contributed by atoms with Crippen LogP contribution in [-0.2, 0) is 13.1 Å². The SMILES string of the molecule is CCCn1ncc(NCc2ccsc2)c(Cl)c1=O. The number of nitrogens with one attached hydrogen (secondary N) is 1. The van der Waals surface area contributed by atoms with Crippen LogP contribution in [0.5, 0.6) is 0 Å². The Hall–Kier alpha value is -1.33. The fourth-order valence-corrected chi connectivity index (χ4v) is 2.43. The van der Waals surface area contributed by atoms with Crippen LogP contribution in [0.4, 0.5) is 5.69 Å². The van der Waals surface area contributed by atoms with Crippen LogP contribution in [0.3, 0.4) is 0 Å². The Bertz CT molecular complexity index is 565. The van der Waals surface area contributed by atoms with Crippen LogP contribution < -0.4 is 10.9 Å². The van der Waals surface area contributed by atoms with Crippen molar-refractivity contribution in [2.45, 2.75) is 26.4 Å². The number of halogens is 1. The molecule has 2 rings (SSSR count). The molecule has 4 nitrogen and oxygen atoms in total. The maximum atomic E-state index is 11.9. The van der Waals surface area contributed by atoms with E-state index >= 15 is 0 Å². The highest BCUT2D eigenvalue weighted by molar-refractivity contribution is 7.07. The van der Waals surface area contributed by atoms with Gasteiger partial charge in [-0.05, 0) is 28.8 Å². The van der Waals surface area contributed by atoms with Gasteiger partial charge in [0, 0.05) is 13.1 Å². The van der Waals surface area contributed by atoms with Crippen LogP contribution in [0, 0.1) is 0 Å². The van der Waals surface area contributed by atoms with Crippen molar-refractivity contribution >= 4 is 28.6 Å². The summed E-state index contributed by atoms with van der Waals surface area (Å²) in [5.41, 5.74) is 1.50. The number of anilines is 1. The van der Waals surface area contributed by atoms with E-state index < -0.39 is 0 Å². The monoisotopic (exact) mass is 283 g/mol. The zero-order valence-corrected chi connectivity index (χ0v) is 11.6. The number of aryl methyl sites for hydroxylation is 1. The van der Waals surface area contributed by atoms with Crippen LogP contribution in [0.15, 0.2) is 27.8 Å². The van der Waals surface area contributed by atoms with Crippen LogP contribution in [-0.4, -0.2) is 9.78 Å². The third-order valence-electron chi connectivity index (χ3n) is 2.48. The molecule has 0 aliphatic rings. The molecule has 0 bridgehead atoms. The van der Waals surface area contributed by atoms with Crippen molar-refractivity contribution in [3.63, 3.8) is 0 Å². The summed E-state index contributed by atoms with van der Waals surface area (Å²) in [4.78, 5) is 11.9. The summed E-state index contributed by atoms with van der Waals surface area (Å²) in [6, 6.07) is 2.03. The molecule has 0 amide bonds. The van der Waals surface area contributed by atoms with E-state index in [1.807, 2.05) is 23.8 Å². The van der Waals surface area contributed by atoms with Crippen molar-refractivity contribution in [1.82, 2.24) is 9.78 Å². The molecule has 0 spiro atoms. The number of rotatable bonds is 5. The number of thiophene rings is 1. The molecular formula is C12H14ClN3OS. The van der Waals surface area contributed by atoms with Crippen molar-refractivity contribution < 1.29 is 0 Å². The molecule has 0 aromatic carbocycles. The van der Waals surface area contributed by atoms with Gasteiger partial charge in [0.2, 0.25) is 0 Å². The Balaban J connectivity index is 2.14. The fraction of sp³-hybridized carbons (Fsp3) is 0.333. The third kappa shape index (κ3) is 2.91. The van der Waals surface area contributed by atoms with Gasteiger partial charge in [0.1, 0.15) is 5.02 Å². The molecule has 1 N–H and O–H groups in total. The fourth-order valence-electron chi connectivity index (χ4n) is 1.55. The maximum Gasteiger partial charge on any atom is 0.287 e. The number of hydrogen-bond acceptors (Lipinski definition) is 4. The van der Waals surface area contributed by atoms with Gasteiger partial charge in [0.25, 0.3) is 5.56 Å². The maximum absolute atomic E-state index is 11.9. The first kappa shape index (κ1) is 13.1. The largest absolute Gasteiger partial charge is 0.378 e. The van der Waals surface area contributed by atoms with E-state index in [1.165, 1.54) is 4.68 Å². The molecule has 2 aromatic heterocycles.